The minimum Gasteiger partial charge on any atom is -0.497 e. The molecule has 0 aliphatic carbocycles. The van der Waals surface area contributed by atoms with Gasteiger partial charge in [-0.3, -0.25) is 0 Å². The highest BCUT2D eigenvalue weighted by molar-refractivity contribution is 7.89. The molecule has 6 nitrogen and oxygen atoms in total. The third-order valence-electron chi connectivity index (χ3n) is 3.59. The highest BCUT2D eigenvalue weighted by Gasteiger charge is 2.20. The fourth-order valence-corrected chi connectivity index (χ4v) is 3.51. The number of rotatable bonds is 7. The van der Waals surface area contributed by atoms with Crippen molar-refractivity contribution in [1.82, 2.24) is 4.72 Å². The summed E-state index contributed by atoms with van der Waals surface area (Å²) in [6, 6.07) is 11.3. The van der Waals surface area contributed by atoms with Crippen molar-refractivity contribution in [3.8, 4) is 17.2 Å². The monoisotopic (exact) mass is 351 g/mol. The summed E-state index contributed by atoms with van der Waals surface area (Å²) >= 11 is 0. The van der Waals surface area contributed by atoms with Crippen LogP contribution in [-0.4, -0.2) is 29.7 Å². The molecule has 2 rings (SSSR count). The minimum atomic E-state index is -3.71. The van der Waals surface area contributed by atoms with Crippen LogP contribution in [0.5, 0.6) is 17.2 Å². The number of sulfonamides is 1. The van der Waals surface area contributed by atoms with Crippen LogP contribution in [0.3, 0.4) is 0 Å². The van der Waals surface area contributed by atoms with E-state index >= 15 is 0 Å². The van der Waals surface area contributed by atoms with E-state index in [4.69, 9.17) is 14.2 Å². The first kappa shape index (κ1) is 18.1. The zero-order chi connectivity index (χ0) is 17.7. The second-order valence-electron chi connectivity index (χ2n) is 5.14. The van der Waals surface area contributed by atoms with E-state index < -0.39 is 16.1 Å². The summed E-state index contributed by atoms with van der Waals surface area (Å²) in [4.78, 5) is 0.106. The van der Waals surface area contributed by atoms with Crippen molar-refractivity contribution in [2.24, 2.45) is 0 Å². The Morgan fingerprint density at radius 2 is 1.62 bits per heavy atom. The molecule has 0 spiro atoms. The molecule has 1 atom stereocenters. The highest BCUT2D eigenvalue weighted by atomic mass is 32.2. The van der Waals surface area contributed by atoms with Gasteiger partial charge in [-0.1, -0.05) is 12.1 Å². The summed E-state index contributed by atoms with van der Waals surface area (Å²) in [6.07, 6.45) is 0. The zero-order valence-electron chi connectivity index (χ0n) is 14.1. The van der Waals surface area contributed by atoms with Crippen LogP contribution in [-0.2, 0) is 10.0 Å². The van der Waals surface area contributed by atoms with Gasteiger partial charge in [0, 0.05) is 12.1 Å². The predicted molar refractivity (Wildman–Crippen MR) is 91.3 cm³/mol. The van der Waals surface area contributed by atoms with Gasteiger partial charge in [-0.05, 0) is 36.8 Å². The summed E-state index contributed by atoms with van der Waals surface area (Å²) < 4.78 is 43.3. The van der Waals surface area contributed by atoms with Gasteiger partial charge in [0.25, 0.3) is 0 Å². The largest absolute Gasteiger partial charge is 0.497 e. The van der Waals surface area contributed by atoms with Crippen LogP contribution in [0.2, 0.25) is 0 Å². The number of benzene rings is 2. The van der Waals surface area contributed by atoms with E-state index in [1.165, 1.54) is 26.4 Å². The summed E-state index contributed by atoms with van der Waals surface area (Å²) in [7, 11) is 0.810. The van der Waals surface area contributed by atoms with Crippen molar-refractivity contribution in [2.45, 2.75) is 17.9 Å². The lowest BCUT2D eigenvalue weighted by atomic mass is 10.1. The van der Waals surface area contributed by atoms with E-state index in [0.29, 0.717) is 17.2 Å². The molecule has 1 unspecified atom stereocenters. The Hall–Kier alpha value is -2.25. The van der Waals surface area contributed by atoms with Crippen molar-refractivity contribution >= 4 is 10.0 Å². The van der Waals surface area contributed by atoms with Crippen LogP contribution in [0.15, 0.2) is 47.4 Å². The molecule has 0 radical (unpaired) electrons. The number of hydrogen-bond donors (Lipinski definition) is 1. The molecular weight excluding hydrogens is 330 g/mol. The van der Waals surface area contributed by atoms with Gasteiger partial charge in [-0.2, -0.15) is 0 Å². The SMILES string of the molecule is COc1cccc(C(C)NS(=O)(=O)c2ccc(OC)c(OC)c2)c1. The molecule has 0 aliphatic heterocycles. The Morgan fingerprint density at radius 3 is 2.25 bits per heavy atom. The molecule has 0 aliphatic rings. The van der Waals surface area contributed by atoms with Crippen LogP contribution in [0, 0.1) is 0 Å². The number of nitrogens with one attached hydrogen (secondary N) is 1. The standard InChI is InChI=1S/C17H21NO5S/c1-12(13-6-5-7-14(10-13)21-2)18-24(19,20)15-8-9-16(22-3)17(11-15)23-4/h5-12,18H,1-4H3. The van der Waals surface area contributed by atoms with E-state index in [1.807, 2.05) is 12.1 Å². The van der Waals surface area contributed by atoms with Gasteiger partial charge in [0.15, 0.2) is 11.5 Å². The Kier molecular flexibility index (Phi) is 5.69. The van der Waals surface area contributed by atoms with E-state index in [9.17, 15) is 8.42 Å². The maximum absolute atomic E-state index is 12.6. The maximum Gasteiger partial charge on any atom is 0.241 e. The Labute approximate surface area is 142 Å². The Morgan fingerprint density at radius 1 is 0.917 bits per heavy atom. The molecule has 2 aromatic rings. The quantitative estimate of drug-likeness (QED) is 0.830. The fourth-order valence-electron chi connectivity index (χ4n) is 2.26. The Balaban J connectivity index is 2.27. The number of hydrogen-bond acceptors (Lipinski definition) is 5. The summed E-state index contributed by atoms with van der Waals surface area (Å²) in [5.74, 6) is 1.50. The van der Waals surface area contributed by atoms with Crippen molar-refractivity contribution in [3.63, 3.8) is 0 Å². The van der Waals surface area contributed by atoms with Gasteiger partial charge in [0.2, 0.25) is 10.0 Å². The maximum atomic E-state index is 12.6. The van der Waals surface area contributed by atoms with Crippen molar-refractivity contribution in [1.29, 1.82) is 0 Å². The van der Waals surface area contributed by atoms with Crippen molar-refractivity contribution in [2.75, 3.05) is 21.3 Å². The first-order valence-corrected chi connectivity index (χ1v) is 8.78. The van der Waals surface area contributed by atoms with Crippen LogP contribution in [0.1, 0.15) is 18.5 Å². The molecule has 24 heavy (non-hydrogen) atoms. The summed E-state index contributed by atoms with van der Waals surface area (Å²) in [6.45, 7) is 1.77. The van der Waals surface area contributed by atoms with E-state index in [1.54, 1.807) is 32.2 Å². The van der Waals surface area contributed by atoms with Crippen molar-refractivity contribution in [3.05, 3.63) is 48.0 Å². The smallest absolute Gasteiger partial charge is 0.241 e. The fraction of sp³-hybridized carbons (Fsp3) is 0.294. The third-order valence-corrected chi connectivity index (χ3v) is 5.13. The van der Waals surface area contributed by atoms with Gasteiger partial charge in [-0.25, -0.2) is 13.1 Å². The van der Waals surface area contributed by atoms with Gasteiger partial charge in [-0.15, -0.1) is 0 Å². The molecule has 0 amide bonds. The minimum absolute atomic E-state index is 0.106. The molecular formula is C17H21NO5S. The number of methoxy groups -OCH3 is 3. The zero-order valence-corrected chi connectivity index (χ0v) is 14.9. The molecule has 0 aromatic heterocycles. The molecule has 0 heterocycles. The summed E-state index contributed by atoms with van der Waals surface area (Å²) in [5.41, 5.74) is 0.804. The molecule has 2 aromatic carbocycles. The first-order valence-electron chi connectivity index (χ1n) is 7.29. The van der Waals surface area contributed by atoms with Crippen molar-refractivity contribution < 1.29 is 22.6 Å². The summed E-state index contributed by atoms with van der Waals surface area (Å²) in [5, 5.41) is 0. The molecule has 0 fully saturated rings. The molecule has 130 valence electrons. The van der Waals surface area contributed by atoms with Gasteiger partial charge in [0.1, 0.15) is 5.75 Å². The van der Waals surface area contributed by atoms with E-state index in [-0.39, 0.29) is 4.90 Å². The molecule has 0 saturated heterocycles. The lowest BCUT2D eigenvalue weighted by molar-refractivity contribution is 0.354. The van der Waals surface area contributed by atoms with Crippen LogP contribution < -0.4 is 18.9 Å². The lowest BCUT2D eigenvalue weighted by Crippen LogP contribution is -2.27. The molecule has 0 saturated carbocycles. The van der Waals surface area contributed by atoms with Gasteiger partial charge in [0.05, 0.1) is 26.2 Å². The van der Waals surface area contributed by atoms with E-state index in [0.717, 1.165) is 5.56 Å². The average molecular weight is 351 g/mol. The van der Waals surface area contributed by atoms with Crippen LogP contribution in [0.4, 0.5) is 0 Å². The second kappa shape index (κ2) is 7.55. The predicted octanol–water partition coefficient (Wildman–Crippen LogP) is 2.75. The third kappa shape index (κ3) is 3.98. The topological polar surface area (TPSA) is 73.9 Å². The van der Waals surface area contributed by atoms with Gasteiger partial charge >= 0.3 is 0 Å². The normalized spacial score (nSPS) is 12.5. The number of ether oxygens (including phenoxy) is 3. The molecule has 1 N–H and O–H groups in total. The molecule has 7 heteroatoms. The highest BCUT2D eigenvalue weighted by Crippen LogP contribution is 2.30. The molecule has 0 bridgehead atoms. The van der Waals surface area contributed by atoms with Gasteiger partial charge < -0.3 is 14.2 Å². The van der Waals surface area contributed by atoms with E-state index in [2.05, 4.69) is 4.72 Å². The second-order valence-corrected chi connectivity index (χ2v) is 6.85. The van der Waals surface area contributed by atoms with Crippen LogP contribution >= 0.6 is 0 Å². The average Bonchev–Trinajstić information content (AvgIpc) is 2.60. The van der Waals surface area contributed by atoms with Crippen LogP contribution in [0.25, 0.3) is 0 Å². The first-order chi connectivity index (χ1) is 11.4. The lowest BCUT2D eigenvalue weighted by Gasteiger charge is -2.16. The Bertz CT molecular complexity index is 804.